The van der Waals surface area contributed by atoms with Crippen LogP contribution in [0.3, 0.4) is 0 Å². The van der Waals surface area contributed by atoms with E-state index in [1.165, 1.54) is 11.8 Å². The SMILES string of the molecule is CSc1nc(C)c(CCC(=O)OCC(=O)Nc2ccc(C)cc2C)c(C)n1. The second kappa shape index (κ2) is 9.50. The fourth-order valence-corrected chi connectivity index (χ4v) is 3.20. The van der Waals surface area contributed by atoms with E-state index in [4.69, 9.17) is 4.74 Å². The van der Waals surface area contributed by atoms with E-state index >= 15 is 0 Å². The van der Waals surface area contributed by atoms with Crippen molar-refractivity contribution in [2.24, 2.45) is 0 Å². The van der Waals surface area contributed by atoms with Crippen LogP contribution in [-0.2, 0) is 20.7 Å². The van der Waals surface area contributed by atoms with Crippen LogP contribution in [0.4, 0.5) is 5.69 Å². The summed E-state index contributed by atoms with van der Waals surface area (Å²) in [7, 11) is 0. The zero-order valence-corrected chi connectivity index (χ0v) is 17.2. The zero-order chi connectivity index (χ0) is 20.0. The van der Waals surface area contributed by atoms with Crippen LogP contribution in [0.15, 0.2) is 23.4 Å². The van der Waals surface area contributed by atoms with Crippen LogP contribution in [0.2, 0.25) is 0 Å². The molecular weight excluding hydrogens is 362 g/mol. The van der Waals surface area contributed by atoms with Crippen molar-refractivity contribution in [2.45, 2.75) is 45.7 Å². The molecule has 1 heterocycles. The smallest absolute Gasteiger partial charge is 0.306 e. The lowest BCUT2D eigenvalue weighted by molar-refractivity contribution is -0.147. The average molecular weight is 388 g/mol. The third kappa shape index (κ3) is 6.06. The molecule has 0 aliphatic rings. The van der Waals surface area contributed by atoms with Gasteiger partial charge in [-0.1, -0.05) is 29.5 Å². The molecule has 0 radical (unpaired) electrons. The van der Waals surface area contributed by atoms with Crippen LogP contribution >= 0.6 is 11.8 Å². The Bertz CT molecular complexity index is 829. The molecule has 0 atom stereocenters. The summed E-state index contributed by atoms with van der Waals surface area (Å²) >= 11 is 1.49. The van der Waals surface area contributed by atoms with Crippen LogP contribution < -0.4 is 5.32 Å². The molecule has 0 aliphatic carbocycles. The van der Waals surface area contributed by atoms with Crippen molar-refractivity contribution in [3.8, 4) is 0 Å². The number of ether oxygens (including phenoxy) is 1. The van der Waals surface area contributed by atoms with E-state index in [0.717, 1.165) is 38.9 Å². The molecule has 27 heavy (non-hydrogen) atoms. The fourth-order valence-electron chi connectivity index (χ4n) is 2.75. The normalized spacial score (nSPS) is 10.6. The summed E-state index contributed by atoms with van der Waals surface area (Å²) in [5.41, 5.74) is 5.49. The molecular formula is C20H25N3O3S. The van der Waals surface area contributed by atoms with Gasteiger partial charge in [0.05, 0.1) is 0 Å². The number of nitrogens with one attached hydrogen (secondary N) is 1. The highest BCUT2D eigenvalue weighted by atomic mass is 32.2. The molecule has 1 aromatic carbocycles. The highest BCUT2D eigenvalue weighted by Crippen LogP contribution is 2.18. The Hall–Kier alpha value is -2.41. The lowest BCUT2D eigenvalue weighted by Crippen LogP contribution is -2.21. The number of benzene rings is 1. The number of nitrogens with zero attached hydrogens (tertiary/aromatic N) is 2. The second-order valence-corrected chi connectivity index (χ2v) is 7.16. The number of carbonyl (C=O) groups excluding carboxylic acids is 2. The molecule has 6 nitrogen and oxygen atoms in total. The first-order valence-electron chi connectivity index (χ1n) is 8.71. The maximum Gasteiger partial charge on any atom is 0.306 e. The summed E-state index contributed by atoms with van der Waals surface area (Å²) in [6, 6.07) is 5.74. The van der Waals surface area contributed by atoms with E-state index in [9.17, 15) is 9.59 Å². The van der Waals surface area contributed by atoms with Crippen molar-refractivity contribution in [1.82, 2.24) is 9.97 Å². The Balaban J connectivity index is 1.83. The molecule has 0 spiro atoms. The summed E-state index contributed by atoms with van der Waals surface area (Å²) in [5.74, 6) is -0.770. The Kier molecular flexibility index (Phi) is 7.36. The highest BCUT2D eigenvalue weighted by molar-refractivity contribution is 7.98. The minimum absolute atomic E-state index is 0.181. The maximum absolute atomic E-state index is 12.0. The second-order valence-electron chi connectivity index (χ2n) is 6.39. The number of anilines is 1. The molecule has 0 fully saturated rings. The number of aryl methyl sites for hydroxylation is 4. The zero-order valence-electron chi connectivity index (χ0n) is 16.4. The molecule has 7 heteroatoms. The van der Waals surface area contributed by atoms with Crippen molar-refractivity contribution in [3.05, 3.63) is 46.3 Å². The summed E-state index contributed by atoms with van der Waals surface area (Å²) in [6.07, 6.45) is 2.60. The van der Waals surface area contributed by atoms with Crippen molar-refractivity contribution < 1.29 is 14.3 Å². The minimum atomic E-state index is -0.418. The third-order valence-electron chi connectivity index (χ3n) is 4.18. The molecule has 144 valence electrons. The largest absolute Gasteiger partial charge is 0.456 e. The van der Waals surface area contributed by atoms with Crippen molar-refractivity contribution in [1.29, 1.82) is 0 Å². The van der Waals surface area contributed by atoms with Gasteiger partial charge in [0.15, 0.2) is 11.8 Å². The molecule has 0 unspecified atom stereocenters. The minimum Gasteiger partial charge on any atom is -0.456 e. The van der Waals surface area contributed by atoms with Crippen LogP contribution in [-0.4, -0.2) is 34.7 Å². The summed E-state index contributed by atoms with van der Waals surface area (Å²) in [4.78, 5) is 32.8. The maximum atomic E-state index is 12.0. The molecule has 2 rings (SSSR count). The van der Waals surface area contributed by atoms with E-state index in [1.54, 1.807) is 0 Å². The lowest BCUT2D eigenvalue weighted by atomic mass is 10.1. The van der Waals surface area contributed by atoms with Gasteiger partial charge < -0.3 is 10.1 Å². The van der Waals surface area contributed by atoms with E-state index in [1.807, 2.05) is 52.1 Å². The first-order valence-corrected chi connectivity index (χ1v) is 9.93. The van der Waals surface area contributed by atoms with Gasteiger partial charge in [0.2, 0.25) is 0 Å². The fraction of sp³-hybridized carbons (Fsp3) is 0.400. The van der Waals surface area contributed by atoms with Gasteiger partial charge in [-0.15, -0.1) is 0 Å². The van der Waals surface area contributed by atoms with Gasteiger partial charge in [-0.05, 0) is 57.6 Å². The predicted molar refractivity (Wildman–Crippen MR) is 107 cm³/mol. The molecule has 0 aliphatic heterocycles. The van der Waals surface area contributed by atoms with E-state index in [-0.39, 0.29) is 18.9 Å². The van der Waals surface area contributed by atoms with E-state index < -0.39 is 5.97 Å². The quantitative estimate of drug-likeness (QED) is 0.445. The van der Waals surface area contributed by atoms with Crippen molar-refractivity contribution in [2.75, 3.05) is 18.2 Å². The number of aromatic nitrogens is 2. The van der Waals surface area contributed by atoms with E-state index in [2.05, 4.69) is 15.3 Å². The van der Waals surface area contributed by atoms with Gasteiger partial charge in [0, 0.05) is 23.5 Å². The molecule has 0 saturated carbocycles. The Labute approximate surface area is 164 Å². The molecule has 2 aromatic rings. The Morgan fingerprint density at radius 3 is 2.37 bits per heavy atom. The van der Waals surface area contributed by atoms with Gasteiger partial charge in [-0.3, -0.25) is 9.59 Å². The van der Waals surface area contributed by atoms with Gasteiger partial charge in [-0.2, -0.15) is 0 Å². The molecule has 1 N–H and O–H groups in total. The number of hydrogen-bond donors (Lipinski definition) is 1. The predicted octanol–water partition coefficient (Wildman–Crippen LogP) is 3.55. The van der Waals surface area contributed by atoms with Crippen LogP contribution in [0, 0.1) is 27.7 Å². The van der Waals surface area contributed by atoms with Crippen molar-refractivity contribution in [3.63, 3.8) is 0 Å². The summed E-state index contributed by atoms with van der Waals surface area (Å²) < 4.78 is 5.09. The van der Waals surface area contributed by atoms with Crippen molar-refractivity contribution >= 4 is 29.3 Å². The number of thioether (sulfide) groups is 1. The van der Waals surface area contributed by atoms with Crippen LogP contribution in [0.5, 0.6) is 0 Å². The number of rotatable bonds is 7. The first kappa shape index (κ1) is 20.9. The molecule has 0 saturated heterocycles. The van der Waals surface area contributed by atoms with Gasteiger partial charge in [0.25, 0.3) is 5.91 Å². The number of hydrogen-bond acceptors (Lipinski definition) is 6. The average Bonchev–Trinajstić information content (AvgIpc) is 2.61. The summed E-state index contributed by atoms with van der Waals surface area (Å²) in [6.45, 7) is 7.43. The Morgan fingerprint density at radius 2 is 1.78 bits per heavy atom. The van der Waals surface area contributed by atoms with E-state index in [0.29, 0.717) is 6.42 Å². The number of esters is 1. The molecule has 0 bridgehead atoms. The van der Waals surface area contributed by atoms with Gasteiger partial charge in [-0.25, -0.2) is 9.97 Å². The topological polar surface area (TPSA) is 81.2 Å². The molecule has 1 amide bonds. The van der Waals surface area contributed by atoms with Crippen LogP contribution in [0.1, 0.15) is 34.5 Å². The number of amides is 1. The molecule has 1 aromatic heterocycles. The van der Waals surface area contributed by atoms with Crippen LogP contribution in [0.25, 0.3) is 0 Å². The Morgan fingerprint density at radius 1 is 1.11 bits per heavy atom. The monoisotopic (exact) mass is 387 g/mol. The standard InChI is InChI=1S/C20H25N3O3S/c1-12-6-8-17(13(2)10-12)23-18(24)11-26-19(25)9-7-16-14(3)21-20(27-5)22-15(16)4/h6,8,10H,7,9,11H2,1-5H3,(H,23,24). The highest BCUT2D eigenvalue weighted by Gasteiger charge is 2.13. The lowest BCUT2D eigenvalue weighted by Gasteiger charge is -2.11. The first-order chi connectivity index (χ1) is 12.8. The number of carbonyl (C=O) groups is 2. The third-order valence-corrected chi connectivity index (χ3v) is 4.73. The van der Waals surface area contributed by atoms with Gasteiger partial charge >= 0.3 is 5.97 Å². The van der Waals surface area contributed by atoms with Gasteiger partial charge in [0.1, 0.15) is 0 Å². The summed E-state index contributed by atoms with van der Waals surface area (Å²) in [5, 5.41) is 3.48.